The Hall–Kier alpha value is -8.98. The molecule has 0 atom stereocenters. The Bertz CT molecular complexity index is 3980. The molecular weight excluding hydrogens is 823 g/mol. The van der Waals surface area contributed by atoms with Gasteiger partial charge in [0.1, 0.15) is 11.2 Å². The van der Waals surface area contributed by atoms with E-state index in [0.29, 0.717) is 0 Å². The van der Waals surface area contributed by atoms with Crippen LogP contribution in [-0.4, -0.2) is 0 Å². The zero-order valence-electron chi connectivity index (χ0n) is 37.2. The number of furan rings is 1. The van der Waals surface area contributed by atoms with Crippen molar-refractivity contribution >= 4 is 71.3 Å². The Kier molecular flexibility index (Phi) is 9.54. The van der Waals surface area contributed by atoms with Gasteiger partial charge >= 0.3 is 0 Å². The van der Waals surface area contributed by atoms with Gasteiger partial charge in [0.25, 0.3) is 0 Å². The maximum Gasteiger partial charge on any atom is 0.143 e. The first-order valence-corrected chi connectivity index (χ1v) is 23.3. The second-order valence-corrected chi connectivity index (χ2v) is 17.6. The van der Waals surface area contributed by atoms with Crippen LogP contribution in [0.25, 0.3) is 110 Å². The minimum atomic E-state index is 0.911. The van der Waals surface area contributed by atoms with Gasteiger partial charge in [-0.2, -0.15) is 0 Å². The highest BCUT2D eigenvalue weighted by atomic mass is 16.3. The van der Waals surface area contributed by atoms with Gasteiger partial charge in [-0.05, 0) is 113 Å². The molecular formula is C66H43NO. The van der Waals surface area contributed by atoms with Gasteiger partial charge in [-0.25, -0.2) is 0 Å². The van der Waals surface area contributed by atoms with Crippen LogP contribution in [-0.2, 0) is 0 Å². The number of para-hydroxylation sites is 2. The third-order valence-corrected chi connectivity index (χ3v) is 13.7. The van der Waals surface area contributed by atoms with Gasteiger partial charge in [-0.1, -0.05) is 224 Å². The number of nitrogens with zero attached hydrogens (tertiary/aromatic N) is 1. The third kappa shape index (κ3) is 6.82. The maximum atomic E-state index is 6.39. The van der Waals surface area contributed by atoms with Crippen molar-refractivity contribution in [3.05, 3.63) is 261 Å². The molecule has 0 aliphatic heterocycles. The summed E-state index contributed by atoms with van der Waals surface area (Å²) in [4.78, 5) is 2.42. The van der Waals surface area contributed by atoms with E-state index >= 15 is 0 Å². The van der Waals surface area contributed by atoms with Crippen LogP contribution in [0.5, 0.6) is 0 Å². The Balaban J connectivity index is 0.896. The minimum absolute atomic E-state index is 0.911. The van der Waals surface area contributed by atoms with Crippen molar-refractivity contribution in [2.75, 3.05) is 4.90 Å². The second-order valence-electron chi connectivity index (χ2n) is 17.6. The first-order chi connectivity index (χ1) is 33.7. The van der Waals surface area contributed by atoms with Gasteiger partial charge in [0, 0.05) is 33.1 Å². The summed E-state index contributed by atoms with van der Waals surface area (Å²) in [6.07, 6.45) is 0. The fourth-order valence-corrected chi connectivity index (χ4v) is 10.3. The highest BCUT2D eigenvalue weighted by Crippen LogP contribution is 2.45. The molecule has 0 aliphatic rings. The number of fused-ring (bicyclic) bond motifs is 7. The molecule has 12 aromatic carbocycles. The van der Waals surface area contributed by atoms with Crippen LogP contribution in [0.1, 0.15) is 0 Å². The molecule has 68 heavy (non-hydrogen) atoms. The van der Waals surface area contributed by atoms with E-state index in [1.807, 2.05) is 12.1 Å². The monoisotopic (exact) mass is 865 g/mol. The number of hydrogen-bond donors (Lipinski definition) is 0. The lowest BCUT2D eigenvalue weighted by atomic mass is 9.89. The zero-order valence-corrected chi connectivity index (χ0v) is 37.2. The molecule has 2 heteroatoms. The fraction of sp³-hybridized carbons (Fsp3) is 0. The van der Waals surface area contributed by atoms with Crippen molar-refractivity contribution < 1.29 is 4.42 Å². The van der Waals surface area contributed by atoms with Gasteiger partial charge in [-0.3, -0.25) is 0 Å². The van der Waals surface area contributed by atoms with Crippen LogP contribution >= 0.6 is 0 Å². The number of benzene rings is 12. The van der Waals surface area contributed by atoms with Crippen molar-refractivity contribution in [1.82, 2.24) is 0 Å². The Morgan fingerprint density at radius 3 is 1.46 bits per heavy atom. The molecule has 0 N–H and O–H groups in total. The van der Waals surface area contributed by atoms with Crippen molar-refractivity contribution in [1.29, 1.82) is 0 Å². The number of anilines is 3. The van der Waals surface area contributed by atoms with Crippen LogP contribution in [0.2, 0.25) is 0 Å². The molecule has 13 rings (SSSR count). The molecule has 0 amide bonds. The molecule has 0 bridgehead atoms. The van der Waals surface area contributed by atoms with Gasteiger partial charge in [-0.15, -0.1) is 0 Å². The lowest BCUT2D eigenvalue weighted by Gasteiger charge is -2.28. The molecule has 0 saturated heterocycles. The van der Waals surface area contributed by atoms with Gasteiger partial charge in [0.2, 0.25) is 0 Å². The SMILES string of the molecule is c1ccc(-c2ccc(-c3c(-c4ccc(N(c5ccc(-c6ccc(-c7cccc8c7oc7ccccc78)cc6)cc5)c5cc6ccccc6c6ccccc56)cc4)ccc4ccccc34)cc2)cc1. The summed E-state index contributed by atoms with van der Waals surface area (Å²) in [5.41, 5.74) is 16.9. The minimum Gasteiger partial charge on any atom is -0.455 e. The highest BCUT2D eigenvalue weighted by Gasteiger charge is 2.20. The number of hydrogen-bond acceptors (Lipinski definition) is 2. The molecule has 0 spiro atoms. The van der Waals surface area contributed by atoms with Gasteiger partial charge in [0.05, 0.1) is 5.69 Å². The van der Waals surface area contributed by atoms with E-state index in [1.54, 1.807) is 0 Å². The Morgan fingerprint density at radius 2 is 0.750 bits per heavy atom. The summed E-state index contributed by atoms with van der Waals surface area (Å²) in [5, 5.41) is 9.63. The summed E-state index contributed by atoms with van der Waals surface area (Å²) in [7, 11) is 0. The van der Waals surface area contributed by atoms with Crippen LogP contribution in [0, 0.1) is 0 Å². The van der Waals surface area contributed by atoms with E-state index in [0.717, 1.165) is 61.3 Å². The lowest BCUT2D eigenvalue weighted by molar-refractivity contribution is 0.670. The molecule has 2 nitrogen and oxygen atoms in total. The summed E-state index contributed by atoms with van der Waals surface area (Å²) in [6.45, 7) is 0. The first kappa shape index (κ1) is 39.4. The molecule has 0 unspecified atom stereocenters. The van der Waals surface area contributed by atoms with Crippen LogP contribution < -0.4 is 4.90 Å². The van der Waals surface area contributed by atoms with E-state index in [2.05, 4.69) is 254 Å². The van der Waals surface area contributed by atoms with E-state index in [4.69, 9.17) is 4.42 Å². The highest BCUT2D eigenvalue weighted by molar-refractivity contribution is 6.15. The van der Waals surface area contributed by atoms with Crippen LogP contribution in [0.4, 0.5) is 17.1 Å². The molecule has 0 aliphatic carbocycles. The standard InChI is InChI=1S/C66H43NO/c1-2-13-44(14-3-1)45-27-31-51(32-28-45)65-56-18-7-4-15-48(56)37-42-57(65)49-35-40-54(41-36-49)67(63-43-52-16-5-6-17-55(52)59-19-8-9-20-60(59)63)53-38-33-47(34-39-53)46-25-29-50(30-26-46)58-22-12-23-62-61-21-10-11-24-64(61)68-66(58)62/h1-43H. The summed E-state index contributed by atoms with van der Waals surface area (Å²) in [6, 6.07) is 94.5. The predicted octanol–water partition coefficient (Wildman–Crippen LogP) is 18.9. The average Bonchev–Trinajstić information content (AvgIpc) is 3.81. The second kappa shape index (κ2) is 16.5. The summed E-state index contributed by atoms with van der Waals surface area (Å²) < 4.78 is 6.39. The van der Waals surface area contributed by atoms with Crippen molar-refractivity contribution in [2.45, 2.75) is 0 Å². The summed E-state index contributed by atoms with van der Waals surface area (Å²) >= 11 is 0. The van der Waals surface area contributed by atoms with Crippen molar-refractivity contribution in [3.8, 4) is 55.6 Å². The van der Waals surface area contributed by atoms with Gasteiger partial charge < -0.3 is 9.32 Å². The first-order valence-electron chi connectivity index (χ1n) is 23.3. The summed E-state index contributed by atoms with van der Waals surface area (Å²) in [5.74, 6) is 0. The smallest absolute Gasteiger partial charge is 0.143 e. The normalized spacial score (nSPS) is 11.5. The largest absolute Gasteiger partial charge is 0.455 e. The zero-order chi connectivity index (χ0) is 45.0. The van der Waals surface area contributed by atoms with E-state index < -0.39 is 0 Å². The molecule has 318 valence electrons. The number of rotatable bonds is 8. The van der Waals surface area contributed by atoms with E-state index in [-0.39, 0.29) is 0 Å². The predicted molar refractivity (Wildman–Crippen MR) is 288 cm³/mol. The van der Waals surface area contributed by atoms with Crippen LogP contribution in [0.15, 0.2) is 265 Å². The topological polar surface area (TPSA) is 16.4 Å². The lowest BCUT2D eigenvalue weighted by Crippen LogP contribution is -2.10. The Labute approximate surface area is 395 Å². The molecule has 1 heterocycles. The third-order valence-electron chi connectivity index (χ3n) is 13.7. The van der Waals surface area contributed by atoms with Crippen molar-refractivity contribution in [2.24, 2.45) is 0 Å². The molecule has 1 aromatic heterocycles. The quantitative estimate of drug-likeness (QED) is 0.142. The fourth-order valence-electron chi connectivity index (χ4n) is 10.3. The molecule has 0 saturated carbocycles. The average molecular weight is 866 g/mol. The van der Waals surface area contributed by atoms with E-state index in [9.17, 15) is 0 Å². The van der Waals surface area contributed by atoms with Crippen molar-refractivity contribution in [3.63, 3.8) is 0 Å². The molecule has 0 radical (unpaired) electrons. The Morgan fingerprint density at radius 1 is 0.265 bits per heavy atom. The molecule has 13 aromatic rings. The van der Waals surface area contributed by atoms with E-state index in [1.165, 1.54) is 65.7 Å². The maximum absolute atomic E-state index is 6.39. The van der Waals surface area contributed by atoms with Gasteiger partial charge in [0.15, 0.2) is 0 Å². The molecule has 0 fully saturated rings. The van der Waals surface area contributed by atoms with Crippen LogP contribution in [0.3, 0.4) is 0 Å².